The number of ether oxygens (including phenoxy) is 1. The second kappa shape index (κ2) is 8.99. The molecule has 1 aromatic carbocycles. The number of fused-ring (bicyclic) bond motifs is 9. The number of pyridine rings is 2. The quantitative estimate of drug-likeness (QED) is 0.240. The molecule has 0 unspecified atom stereocenters. The molecular weight excluding hydrogens is 497 g/mol. The second-order valence-corrected chi connectivity index (χ2v) is 11.1. The Morgan fingerprint density at radius 3 is 2.83 bits per heavy atom. The maximum Gasteiger partial charge on any atom is 0.251 e. The lowest BCUT2D eigenvalue weighted by molar-refractivity contribution is 0.0951. The summed E-state index contributed by atoms with van der Waals surface area (Å²) in [7, 11) is 1.61. The third-order valence-corrected chi connectivity index (χ3v) is 9.13. The van der Waals surface area contributed by atoms with Crippen LogP contribution < -0.4 is 14.8 Å². The Bertz CT molecular complexity index is 1590. The molecule has 174 valence electrons. The van der Waals surface area contributed by atoms with Crippen LogP contribution in [-0.4, -0.2) is 23.0 Å². The molecule has 8 bridgehead atoms. The molecule has 0 saturated heterocycles. The van der Waals surface area contributed by atoms with Gasteiger partial charge in [-0.15, -0.1) is 22.7 Å². The zero-order valence-electron chi connectivity index (χ0n) is 18.9. The fraction of sp³-hybridized carbons (Fsp3) is 0.115. The summed E-state index contributed by atoms with van der Waals surface area (Å²) in [6.07, 6.45) is 3.71. The van der Waals surface area contributed by atoms with Crippen molar-refractivity contribution in [2.75, 3.05) is 11.8 Å². The van der Waals surface area contributed by atoms with Crippen LogP contribution in [-0.2, 0) is 6.54 Å². The summed E-state index contributed by atoms with van der Waals surface area (Å²) in [4.78, 5) is 26.4. The number of hydrogen-bond donors (Lipinski definition) is 2. The van der Waals surface area contributed by atoms with E-state index in [4.69, 9.17) is 9.72 Å². The molecule has 6 rings (SSSR count). The van der Waals surface area contributed by atoms with Crippen molar-refractivity contribution in [1.29, 1.82) is 0 Å². The van der Waals surface area contributed by atoms with E-state index in [1.165, 1.54) is 11.9 Å². The number of rotatable bonds is 1. The van der Waals surface area contributed by atoms with Gasteiger partial charge >= 0.3 is 0 Å². The van der Waals surface area contributed by atoms with E-state index in [-0.39, 0.29) is 5.91 Å². The van der Waals surface area contributed by atoms with Crippen LogP contribution in [0.5, 0.6) is 5.88 Å². The van der Waals surface area contributed by atoms with E-state index < -0.39 is 0 Å². The van der Waals surface area contributed by atoms with E-state index in [0.717, 1.165) is 52.1 Å². The fourth-order valence-electron chi connectivity index (χ4n) is 4.09. The molecule has 4 aromatic heterocycles. The van der Waals surface area contributed by atoms with E-state index in [1.807, 2.05) is 36.7 Å². The Labute approximate surface area is 214 Å². The predicted molar refractivity (Wildman–Crippen MR) is 145 cm³/mol. The molecule has 35 heavy (non-hydrogen) atoms. The number of nitrogens with zero attached hydrogens (tertiary/aromatic N) is 2. The molecule has 6 nitrogen and oxygen atoms in total. The lowest BCUT2D eigenvalue weighted by atomic mass is 10.1. The van der Waals surface area contributed by atoms with Crippen molar-refractivity contribution in [3.63, 3.8) is 0 Å². The van der Waals surface area contributed by atoms with Gasteiger partial charge in [-0.3, -0.25) is 9.78 Å². The van der Waals surface area contributed by atoms with Crippen molar-refractivity contribution in [1.82, 2.24) is 15.3 Å². The van der Waals surface area contributed by atoms with Gasteiger partial charge in [-0.05, 0) is 66.9 Å². The van der Waals surface area contributed by atoms with E-state index in [1.54, 1.807) is 29.8 Å². The van der Waals surface area contributed by atoms with Crippen molar-refractivity contribution in [3.8, 4) is 26.8 Å². The minimum Gasteiger partial charge on any atom is -0.480 e. The zero-order chi connectivity index (χ0) is 23.9. The van der Waals surface area contributed by atoms with Crippen LogP contribution in [0.15, 0.2) is 65.8 Å². The van der Waals surface area contributed by atoms with Crippen molar-refractivity contribution in [2.45, 2.75) is 18.4 Å². The first-order chi connectivity index (χ1) is 17.1. The maximum atomic E-state index is 12.8. The number of aromatic nitrogens is 2. The molecule has 1 aliphatic rings. The van der Waals surface area contributed by atoms with Crippen molar-refractivity contribution < 1.29 is 9.53 Å². The highest BCUT2D eigenvalue weighted by atomic mass is 32.2. The highest BCUT2D eigenvalue weighted by Crippen LogP contribution is 2.44. The van der Waals surface area contributed by atoms with E-state index in [9.17, 15) is 4.79 Å². The van der Waals surface area contributed by atoms with Crippen LogP contribution in [0.1, 0.15) is 20.8 Å². The molecule has 0 fully saturated rings. The van der Waals surface area contributed by atoms with Gasteiger partial charge < -0.3 is 14.8 Å². The molecule has 0 atom stereocenters. The highest BCUT2D eigenvalue weighted by molar-refractivity contribution is 8.00. The lowest BCUT2D eigenvalue weighted by Crippen LogP contribution is -2.22. The SMILES string of the molecule is COc1ncc2cc1NSc1cccc(c1)C(=O)NCc1ccc(s1)-c1ccnc3c(C)c-2sc13. The number of hydrogen-bond acceptors (Lipinski definition) is 8. The molecule has 0 radical (unpaired) electrons. The standard InChI is InChI=1S/C26H20N4O2S3/c1-14-22-24-19(8-9-27-22)21-7-6-18(33-21)13-28-25(31)15-4-3-5-17(10-15)35-30-20-11-16(23(14)34-24)12-29-26(20)32-2/h3-12,30H,13H2,1-2H3,(H,28,31). The van der Waals surface area contributed by atoms with Crippen LogP contribution >= 0.6 is 34.6 Å². The first-order valence-corrected chi connectivity index (χ1v) is 13.4. The molecule has 0 saturated carbocycles. The number of methoxy groups -OCH3 is 1. The van der Waals surface area contributed by atoms with Gasteiger partial charge in [0.2, 0.25) is 5.88 Å². The summed E-state index contributed by atoms with van der Waals surface area (Å²) in [5, 5.41) is 3.05. The van der Waals surface area contributed by atoms with Crippen molar-refractivity contribution in [2.24, 2.45) is 0 Å². The number of carbonyl (C=O) groups is 1. The summed E-state index contributed by atoms with van der Waals surface area (Å²) in [6.45, 7) is 2.59. The molecule has 2 N–H and O–H groups in total. The summed E-state index contributed by atoms with van der Waals surface area (Å²) >= 11 is 4.83. The van der Waals surface area contributed by atoms with Gasteiger partial charge in [0, 0.05) is 48.6 Å². The van der Waals surface area contributed by atoms with Gasteiger partial charge in [0.15, 0.2) is 0 Å². The number of benzene rings is 1. The van der Waals surface area contributed by atoms with Gasteiger partial charge in [-0.25, -0.2) is 4.98 Å². The van der Waals surface area contributed by atoms with Crippen LogP contribution in [0.25, 0.3) is 31.1 Å². The van der Waals surface area contributed by atoms with Crippen LogP contribution in [0.4, 0.5) is 5.69 Å². The highest BCUT2D eigenvalue weighted by Gasteiger charge is 2.18. The summed E-state index contributed by atoms with van der Waals surface area (Å²) in [6, 6.07) is 15.9. The molecule has 0 aliphatic carbocycles. The molecule has 9 heteroatoms. The average Bonchev–Trinajstić information content (AvgIpc) is 3.50. The number of anilines is 1. The Hall–Kier alpha value is -3.40. The third kappa shape index (κ3) is 4.05. The van der Waals surface area contributed by atoms with Crippen molar-refractivity contribution in [3.05, 3.63) is 76.9 Å². The van der Waals surface area contributed by atoms with Gasteiger partial charge in [-0.1, -0.05) is 6.07 Å². The topological polar surface area (TPSA) is 76.1 Å². The average molecular weight is 517 g/mol. The van der Waals surface area contributed by atoms with E-state index >= 15 is 0 Å². The largest absolute Gasteiger partial charge is 0.480 e. The molecular formula is C26H20N4O2S3. The summed E-state index contributed by atoms with van der Waals surface area (Å²) < 4.78 is 10.0. The smallest absolute Gasteiger partial charge is 0.251 e. The van der Waals surface area contributed by atoms with E-state index in [2.05, 4.69) is 46.2 Å². The van der Waals surface area contributed by atoms with Gasteiger partial charge in [0.25, 0.3) is 5.91 Å². The lowest BCUT2D eigenvalue weighted by Gasteiger charge is -2.12. The van der Waals surface area contributed by atoms with Gasteiger partial charge in [0.1, 0.15) is 5.69 Å². The maximum absolute atomic E-state index is 12.8. The summed E-state index contributed by atoms with van der Waals surface area (Å²) in [5.74, 6) is 0.405. The van der Waals surface area contributed by atoms with Crippen LogP contribution in [0, 0.1) is 6.92 Å². The number of nitrogens with one attached hydrogen (secondary N) is 2. The second-order valence-electron chi connectivity index (χ2n) is 8.05. The molecule has 1 amide bonds. The van der Waals surface area contributed by atoms with Gasteiger partial charge in [-0.2, -0.15) is 0 Å². The molecule has 0 spiro atoms. The minimum absolute atomic E-state index is 0.102. The molecule has 5 aromatic rings. The minimum atomic E-state index is -0.102. The molecule has 5 heterocycles. The Morgan fingerprint density at radius 2 is 1.94 bits per heavy atom. The Morgan fingerprint density at radius 1 is 1.03 bits per heavy atom. The number of aryl methyl sites for hydroxylation is 1. The predicted octanol–water partition coefficient (Wildman–Crippen LogP) is 6.77. The first kappa shape index (κ1) is 22.1. The van der Waals surface area contributed by atoms with Gasteiger partial charge in [0.05, 0.1) is 23.9 Å². The van der Waals surface area contributed by atoms with E-state index in [0.29, 0.717) is 18.0 Å². The Kier molecular flexibility index (Phi) is 5.68. The van der Waals surface area contributed by atoms with Crippen LogP contribution in [0.3, 0.4) is 0 Å². The first-order valence-electron chi connectivity index (χ1n) is 10.9. The molecule has 1 aliphatic heterocycles. The monoisotopic (exact) mass is 516 g/mol. The third-order valence-electron chi connectivity index (χ3n) is 5.84. The van der Waals surface area contributed by atoms with Crippen molar-refractivity contribution >= 4 is 56.4 Å². The normalized spacial score (nSPS) is 13.1. The zero-order valence-corrected chi connectivity index (χ0v) is 21.4. The number of carbonyl (C=O) groups excluding carboxylic acids is 1. The Balaban J connectivity index is 1.54. The summed E-state index contributed by atoms with van der Waals surface area (Å²) in [5.41, 5.74) is 5.66. The fourth-order valence-corrected chi connectivity index (χ4v) is 7.11. The number of amides is 1. The number of thiophene rings is 2. The van der Waals surface area contributed by atoms with Crippen LogP contribution in [0.2, 0.25) is 0 Å².